The van der Waals surface area contributed by atoms with Crippen molar-refractivity contribution in [2.75, 3.05) is 19.6 Å². The highest BCUT2D eigenvalue weighted by Gasteiger charge is 2.27. The number of aliphatic carboxylic acids is 1. The number of piperidine rings is 1. The Balaban J connectivity index is 2.21. The normalized spacial score (nSPS) is 18.9. The summed E-state index contributed by atoms with van der Waals surface area (Å²) in [6.45, 7) is 1.33. The van der Waals surface area contributed by atoms with E-state index >= 15 is 0 Å². The standard InChI is InChI=1S/C12H21N3O4/c13-10(16)5-1-2-6-14-12(19)15-7-3-4-9(8-15)11(17)18/h9H,1-8H2,(H2,13,16)(H,14,19)(H,17,18)/t9-/m1/s1. The molecular weight excluding hydrogens is 250 g/mol. The Morgan fingerprint density at radius 3 is 2.68 bits per heavy atom. The third-order valence-electron chi connectivity index (χ3n) is 3.18. The number of carboxylic acid groups (broad SMARTS) is 1. The van der Waals surface area contributed by atoms with Gasteiger partial charge in [-0.1, -0.05) is 0 Å². The van der Waals surface area contributed by atoms with E-state index in [0.29, 0.717) is 45.2 Å². The molecule has 3 amide bonds. The van der Waals surface area contributed by atoms with E-state index in [9.17, 15) is 14.4 Å². The van der Waals surface area contributed by atoms with Gasteiger partial charge in [-0.3, -0.25) is 9.59 Å². The summed E-state index contributed by atoms with van der Waals surface area (Å²) in [6, 6.07) is -0.231. The fourth-order valence-corrected chi connectivity index (χ4v) is 2.09. The largest absolute Gasteiger partial charge is 0.481 e. The molecule has 0 aromatic carbocycles. The molecule has 0 aromatic heterocycles. The first-order valence-corrected chi connectivity index (χ1v) is 6.54. The van der Waals surface area contributed by atoms with Crippen LogP contribution in [0.5, 0.6) is 0 Å². The molecule has 7 nitrogen and oxygen atoms in total. The highest BCUT2D eigenvalue weighted by Crippen LogP contribution is 2.16. The molecule has 1 fully saturated rings. The van der Waals surface area contributed by atoms with Crippen molar-refractivity contribution in [3.63, 3.8) is 0 Å². The third-order valence-corrected chi connectivity index (χ3v) is 3.18. The van der Waals surface area contributed by atoms with Crippen LogP contribution in [-0.2, 0) is 9.59 Å². The summed E-state index contributed by atoms with van der Waals surface area (Å²) >= 11 is 0. The molecule has 4 N–H and O–H groups in total. The smallest absolute Gasteiger partial charge is 0.317 e. The number of carbonyl (C=O) groups excluding carboxylic acids is 2. The van der Waals surface area contributed by atoms with Crippen LogP contribution < -0.4 is 11.1 Å². The number of carbonyl (C=O) groups is 3. The molecule has 1 heterocycles. The van der Waals surface area contributed by atoms with Gasteiger partial charge in [0.2, 0.25) is 5.91 Å². The van der Waals surface area contributed by atoms with Crippen molar-refractivity contribution >= 4 is 17.9 Å². The van der Waals surface area contributed by atoms with Gasteiger partial charge in [0.25, 0.3) is 0 Å². The van der Waals surface area contributed by atoms with Gasteiger partial charge in [-0.05, 0) is 25.7 Å². The lowest BCUT2D eigenvalue weighted by Gasteiger charge is -2.30. The second kappa shape index (κ2) is 7.60. The number of carboxylic acids is 1. The highest BCUT2D eigenvalue weighted by atomic mass is 16.4. The summed E-state index contributed by atoms with van der Waals surface area (Å²) in [5.41, 5.74) is 5.00. The molecule has 0 bridgehead atoms. The number of nitrogens with one attached hydrogen (secondary N) is 1. The maximum absolute atomic E-state index is 11.8. The van der Waals surface area contributed by atoms with E-state index < -0.39 is 11.9 Å². The van der Waals surface area contributed by atoms with Crippen LogP contribution >= 0.6 is 0 Å². The van der Waals surface area contributed by atoms with E-state index in [1.165, 1.54) is 4.90 Å². The van der Waals surface area contributed by atoms with Gasteiger partial charge in [-0.2, -0.15) is 0 Å². The zero-order chi connectivity index (χ0) is 14.3. The van der Waals surface area contributed by atoms with Crippen molar-refractivity contribution in [1.29, 1.82) is 0 Å². The molecule has 7 heteroatoms. The minimum Gasteiger partial charge on any atom is -0.481 e. The number of hydrogen-bond donors (Lipinski definition) is 3. The minimum atomic E-state index is -0.848. The Hall–Kier alpha value is -1.79. The summed E-state index contributed by atoms with van der Waals surface area (Å²) in [5, 5.41) is 11.7. The molecule has 108 valence electrons. The average molecular weight is 271 g/mol. The van der Waals surface area contributed by atoms with Crippen molar-refractivity contribution in [2.24, 2.45) is 11.7 Å². The number of primary amides is 1. The van der Waals surface area contributed by atoms with E-state index in [1.54, 1.807) is 0 Å². The number of amides is 3. The molecule has 1 saturated heterocycles. The van der Waals surface area contributed by atoms with Crippen LogP contribution in [0, 0.1) is 5.92 Å². The summed E-state index contributed by atoms with van der Waals surface area (Å²) in [5.74, 6) is -1.65. The van der Waals surface area contributed by atoms with Crippen LogP contribution in [0.15, 0.2) is 0 Å². The Kier molecular flexibility index (Phi) is 6.11. The van der Waals surface area contributed by atoms with Crippen LogP contribution in [0.4, 0.5) is 4.79 Å². The molecule has 0 unspecified atom stereocenters. The van der Waals surface area contributed by atoms with Gasteiger partial charge in [0.15, 0.2) is 0 Å². The summed E-state index contributed by atoms with van der Waals surface area (Å²) in [4.78, 5) is 34.7. The average Bonchev–Trinajstić information content (AvgIpc) is 2.37. The van der Waals surface area contributed by atoms with E-state index in [0.717, 1.165) is 0 Å². The number of nitrogens with two attached hydrogens (primary N) is 1. The second-order valence-corrected chi connectivity index (χ2v) is 4.78. The van der Waals surface area contributed by atoms with Crippen LogP contribution in [0.2, 0.25) is 0 Å². The fraction of sp³-hybridized carbons (Fsp3) is 0.750. The molecule has 0 aliphatic carbocycles. The minimum absolute atomic E-state index is 0.231. The van der Waals surface area contributed by atoms with Gasteiger partial charge < -0.3 is 21.1 Å². The topological polar surface area (TPSA) is 113 Å². The van der Waals surface area contributed by atoms with Crippen LogP contribution in [0.1, 0.15) is 32.1 Å². The zero-order valence-corrected chi connectivity index (χ0v) is 10.9. The molecule has 0 spiro atoms. The summed E-state index contributed by atoms with van der Waals surface area (Å²) < 4.78 is 0. The lowest BCUT2D eigenvalue weighted by atomic mass is 9.99. The lowest BCUT2D eigenvalue weighted by molar-refractivity contribution is -0.143. The molecule has 1 atom stereocenters. The molecule has 1 rings (SSSR count). The van der Waals surface area contributed by atoms with E-state index in [-0.39, 0.29) is 18.5 Å². The maximum Gasteiger partial charge on any atom is 0.317 e. The monoisotopic (exact) mass is 271 g/mol. The molecule has 0 saturated carbocycles. The number of nitrogens with zero attached hydrogens (tertiary/aromatic N) is 1. The number of likely N-dealkylation sites (tertiary alicyclic amines) is 1. The maximum atomic E-state index is 11.8. The summed E-state index contributed by atoms with van der Waals surface area (Å²) in [7, 11) is 0. The van der Waals surface area contributed by atoms with Crippen molar-refractivity contribution < 1.29 is 19.5 Å². The first-order valence-electron chi connectivity index (χ1n) is 6.54. The Bertz CT molecular complexity index is 346. The number of hydrogen-bond acceptors (Lipinski definition) is 3. The van der Waals surface area contributed by atoms with Crippen molar-refractivity contribution in [3.05, 3.63) is 0 Å². The molecule has 19 heavy (non-hydrogen) atoms. The van der Waals surface area contributed by atoms with E-state index in [2.05, 4.69) is 5.32 Å². The predicted molar refractivity (Wildman–Crippen MR) is 68.4 cm³/mol. The molecule has 0 radical (unpaired) electrons. The molecular formula is C12H21N3O4. The molecule has 1 aliphatic rings. The molecule has 1 aliphatic heterocycles. The number of rotatable bonds is 6. The Morgan fingerprint density at radius 2 is 2.05 bits per heavy atom. The predicted octanol–water partition coefficient (Wildman–Crippen LogP) is 0.148. The van der Waals surface area contributed by atoms with Gasteiger partial charge in [0, 0.05) is 26.1 Å². The van der Waals surface area contributed by atoms with Crippen molar-refractivity contribution in [2.45, 2.75) is 32.1 Å². The third kappa shape index (κ3) is 5.58. The number of unbranched alkanes of at least 4 members (excludes halogenated alkanes) is 1. The quantitative estimate of drug-likeness (QED) is 0.597. The number of urea groups is 1. The lowest BCUT2D eigenvalue weighted by Crippen LogP contribution is -2.47. The fourth-order valence-electron chi connectivity index (χ4n) is 2.09. The SMILES string of the molecule is NC(=O)CCCCNC(=O)N1CCC[C@@H](C(=O)O)C1. The van der Waals surface area contributed by atoms with E-state index in [4.69, 9.17) is 10.8 Å². The van der Waals surface area contributed by atoms with Crippen LogP contribution in [0.3, 0.4) is 0 Å². The molecule has 0 aromatic rings. The Labute approximate surface area is 112 Å². The first-order chi connectivity index (χ1) is 9.00. The van der Waals surface area contributed by atoms with Gasteiger partial charge in [-0.15, -0.1) is 0 Å². The van der Waals surface area contributed by atoms with Crippen molar-refractivity contribution in [3.8, 4) is 0 Å². The van der Waals surface area contributed by atoms with Gasteiger partial charge in [0.1, 0.15) is 0 Å². The first kappa shape index (κ1) is 15.3. The second-order valence-electron chi connectivity index (χ2n) is 4.78. The zero-order valence-electron chi connectivity index (χ0n) is 10.9. The van der Waals surface area contributed by atoms with Crippen molar-refractivity contribution in [1.82, 2.24) is 10.2 Å². The Morgan fingerprint density at radius 1 is 1.32 bits per heavy atom. The van der Waals surface area contributed by atoms with Gasteiger partial charge in [-0.25, -0.2) is 4.79 Å². The van der Waals surface area contributed by atoms with E-state index in [1.807, 2.05) is 0 Å². The summed E-state index contributed by atoms with van der Waals surface area (Å²) in [6.07, 6.45) is 2.99. The van der Waals surface area contributed by atoms with Crippen LogP contribution in [0.25, 0.3) is 0 Å². The van der Waals surface area contributed by atoms with Gasteiger partial charge >= 0.3 is 12.0 Å². The highest BCUT2D eigenvalue weighted by molar-refractivity contribution is 5.76. The van der Waals surface area contributed by atoms with Crippen LogP contribution in [-0.4, -0.2) is 47.5 Å². The van der Waals surface area contributed by atoms with Gasteiger partial charge in [0.05, 0.1) is 5.92 Å².